The fourth-order valence-corrected chi connectivity index (χ4v) is 6.47. The summed E-state index contributed by atoms with van der Waals surface area (Å²) in [5, 5.41) is 1.91. The molecule has 1 atom stereocenters. The van der Waals surface area contributed by atoms with Gasteiger partial charge >= 0.3 is 12.1 Å². The highest BCUT2D eigenvalue weighted by Gasteiger charge is 2.33. The van der Waals surface area contributed by atoms with Crippen LogP contribution < -0.4 is 11.1 Å². The number of urea groups is 2. The molecule has 2 fully saturated rings. The summed E-state index contributed by atoms with van der Waals surface area (Å²) in [6, 6.07) is 7.38. The van der Waals surface area contributed by atoms with Gasteiger partial charge in [-0.1, -0.05) is 23.8 Å². The smallest absolute Gasteiger partial charge is 0.350 e. The van der Waals surface area contributed by atoms with E-state index in [9.17, 15) is 14.4 Å². The lowest BCUT2D eigenvalue weighted by Crippen LogP contribution is -2.50. The third-order valence-corrected chi connectivity index (χ3v) is 8.63. The number of amides is 5. The quantitative estimate of drug-likeness (QED) is 0.404. The molecule has 1 aromatic heterocycles. The van der Waals surface area contributed by atoms with Crippen molar-refractivity contribution in [1.29, 1.82) is 0 Å². The largest absolute Gasteiger partial charge is 0.362 e. The van der Waals surface area contributed by atoms with Crippen LogP contribution in [0.15, 0.2) is 39.9 Å². The number of carbonyl (C=O) groups is 3. The summed E-state index contributed by atoms with van der Waals surface area (Å²) in [4.78, 5) is 50.5. The van der Waals surface area contributed by atoms with E-state index >= 15 is 0 Å². The molecule has 0 radical (unpaired) electrons. The molecule has 3 N–H and O–H groups in total. The van der Waals surface area contributed by atoms with Crippen LogP contribution in [-0.2, 0) is 17.6 Å². The Labute approximate surface area is 243 Å². The van der Waals surface area contributed by atoms with Crippen molar-refractivity contribution in [3.63, 3.8) is 0 Å². The van der Waals surface area contributed by atoms with Gasteiger partial charge in [0.15, 0.2) is 0 Å². The Morgan fingerprint density at radius 2 is 1.80 bits per heavy atom. The monoisotopic (exact) mass is 609 g/mol. The number of benzene rings is 1. The van der Waals surface area contributed by atoms with E-state index in [0.717, 1.165) is 48.9 Å². The van der Waals surface area contributed by atoms with Gasteiger partial charge in [0, 0.05) is 56.4 Å². The Kier molecular flexibility index (Phi) is 8.80. The molecule has 3 heterocycles. The van der Waals surface area contributed by atoms with Gasteiger partial charge in [-0.2, -0.15) is 4.99 Å². The van der Waals surface area contributed by atoms with Crippen LogP contribution in [0.2, 0.25) is 0 Å². The molecule has 11 heteroatoms. The van der Waals surface area contributed by atoms with E-state index in [1.54, 1.807) is 0 Å². The summed E-state index contributed by atoms with van der Waals surface area (Å²) in [7, 11) is 0. The number of likely N-dealkylation sites (tertiary alicyclic amines) is 1. The van der Waals surface area contributed by atoms with Gasteiger partial charge in [-0.05, 0) is 77.2 Å². The van der Waals surface area contributed by atoms with E-state index in [1.165, 1.54) is 28.6 Å². The zero-order valence-electron chi connectivity index (χ0n) is 22.8. The van der Waals surface area contributed by atoms with Crippen molar-refractivity contribution in [2.24, 2.45) is 16.6 Å². The number of aryl methyl sites for hydroxylation is 3. The number of pyridine rings is 1. The predicted octanol–water partition coefficient (Wildman–Crippen LogP) is 3.40. The van der Waals surface area contributed by atoms with E-state index in [-0.39, 0.29) is 11.9 Å². The van der Waals surface area contributed by atoms with E-state index in [0.29, 0.717) is 38.5 Å². The second-order valence-electron chi connectivity index (χ2n) is 10.9. The average Bonchev–Trinajstić information content (AvgIpc) is 3.08. The third-order valence-electron chi connectivity index (χ3n) is 8.20. The van der Waals surface area contributed by atoms with Gasteiger partial charge < -0.3 is 15.5 Å². The van der Waals surface area contributed by atoms with Crippen LogP contribution in [-0.4, -0.2) is 83.3 Å². The van der Waals surface area contributed by atoms with Crippen LogP contribution in [0.4, 0.5) is 9.59 Å². The Balaban J connectivity index is 1.17. The average molecular weight is 611 g/mol. The number of hydrogen-bond acceptors (Lipinski definition) is 5. The number of piperidine rings is 1. The van der Waals surface area contributed by atoms with Crippen molar-refractivity contribution >= 4 is 40.2 Å². The molecule has 0 spiro atoms. The second kappa shape index (κ2) is 12.5. The minimum Gasteiger partial charge on any atom is -0.362 e. The number of nitrogens with one attached hydrogen (secondary N) is 1. The van der Waals surface area contributed by atoms with Crippen LogP contribution in [0, 0.1) is 12.8 Å². The van der Waals surface area contributed by atoms with Crippen molar-refractivity contribution in [2.45, 2.75) is 45.1 Å². The Hall–Kier alpha value is -3.31. The van der Waals surface area contributed by atoms with Gasteiger partial charge in [0.25, 0.3) is 0 Å². The lowest BCUT2D eigenvalue weighted by atomic mass is 9.93. The first-order chi connectivity index (χ1) is 19.3. The van der Waals surface area contributed by atoms with Crippen LogP contribution in [0.3, 0.4) is 0 Å². The molecule has 1 aliphatic carbocycles. The van der Waals surface area contributed by atoms with Crippen LogP contribution in [0.5, 0.6) is 0 Å². The number of hydrogen-bond donors (Lipinski definition) is 2. The maximum Gasteiger partial charge on any atom is 0.350 e. The molecule has 212 valence electrons. The van der Waals surface area contributed by atoms with Gasteiger partial charge in [0.05, 0.1) is 18.1 Å². The van der Waals surface area contributed by atoms with Gasteiger partial charge in [-0.25, -0.2) is 9.59 Å². The molecule has 1 unspecified atom stereocenters. The van der Waals surface area contributed by atoms with Crippen molar-refractivity contribution in [3.05, 3.63) is 62.9 Å². The van der Waals surface area contributed by atoms with Crippen LogP contribution >= 0.6 is 15.9 Å². The molecular weight excluding hydrogens is 574 g/mol. The Morgan fingerprint density at radius 1 is 1.07 bits per heavy atom. The highest BCUT2D eigenvalue weighted by Crippen LogP contribution is 2.37. The first-order valence-corrected chi connectivity index (χ1v) is 14.7. The van der Waals surface area contributed by atoms with Crippen molar-refractivity contribution < 1.29 is 14.4 Å². The molecule has 2 aromatic rings. The standard InChI is InChI=1S/C29H36BrN7O3/c1-19-2-5-24-21(14-19)3-4-22-16-23(30)17-32-26(22)27(24)37-12-10-36(11-13-37)25(38)15-20-6-8-35(9-7-20)18-33-29(40)34-28(31)39/h2,5,14,16-18,20,27H,3-4,6-13,15H2,1H3,(H3,31,34,39,40)/b33-18+. The summed E-state index contributed by atoms with van der Waals surface area (Å²) in [6.45, 7) is 6.61. The normalized spacial score (nSPS) is 20.1. The van der Waals surface area contributed by atoms with E-state index in [1.807, 2.05) is 21.3 Å². The maximum atomic E-state index is 13.2. The van der Waals surface area contributed by atoms with Crippen LogP contribution in [0.25, 0.3) is 0 Å². The number of nitrogens with two attached hydrogens (primary N) is 1. The fraction of sp³-hybridized carbons (Fsp3) is 0.483. The van der Waals surface area contributed by atoms with Crippen molar-refractivity contribution in [1.82, 2.24) is 25.0 Å². The summed E-state index contributed by atoms with van der Waals surface area (Å²) >= 11 is 3.61. The number of carbonyl (C=O) groups excluding carboxylic acids is 3. The van der Waals surface area contributed by atoms with E-state index in [2.05, 4.69) is 57.0 Å². The van der Waals surface area contributed by atoms with Gasteiger partial charge in [-0.15, -0.1) is 0 Å². The highest BCUT2D eigenvalue weighted by atomic mass is 79.9. The molecule has 1 aromatic carbocycles. The number of piperazine rings is 1. The molecule has 10 nitrogen and oxygen atoms in total. The first-order valence-electron chi connectivity index (χ1n) is 13.9. The third kappa shape index (κ3) is 6.69. The fourth-order valence-electron chi connectivity index (χ4n) is 6.09. The van der Waals surface area contributed by atoms with Gasteiger partial charge in [0.2, 0.25) is 5.91 Å². The van der Waals surface area contributed by atoms with E-state index in [4.69, 9.17) is 10.7 Å². The number of primary amides is 1. The minimum atomic E-state index is -0.927. The number of halogens is 1. The minimum absolute atomic E-state index is 0.0921. The summed E-state index contributed by atoms with van der Waals surface area (Å²) in [6.07, 6.45) is 7.56. The molecular formula is C29H36BrN7O3. The van der Waals surface area contributed by atoms with Crippen molar-refractivity contribution in [2.75, 3.05) is 39.3 Å². The lowest BCUT2D eigenvalue weighted by molar-refractivity contribution is -0.134. The molecule has 40 heavy (non-hydrogen) atoms. The summed E-state index contributed by atoms with van der Waals surface area (Å²) in [5.74, 6) is 0.521. The number of fused-ring (bicyclic) bond motifs is 2. The molecule has 5 rings (SSSR count). The number of aromatic nitrogens is 1. The number of imide groups is 1. The maximum absolute atomic E-state index is 13.2. The highest BCUT2D eigenvalue weighted by molar-refractivity contribution is 9.10. The summed E-state index contributed by atoms with van der Waals surface area (Å²) < 4.78 is 1.01. The number of aliphatic imine (C=N–C) groups is 1. The summed E-state index contributed by atoms with van der Waals surface area (Å²) in [5.41, 5.74) is 11.4. The molecule has 2 saturated heterocycles. The van der Waals surface area contributed by atoms with Gasteiger partial charge in [0.1, 0.15) is 0 Å². The molecule has 2 aliphatic heterocycles. The predicted molar refractivity (Wildman–Crippen MR) is 156 cm³/mol. The molecule has 3 aliphatic rings. The number of rotatable bonds is 4. The molecule has 5 amide bonds. The van der Waals surface area contributed by atoms with Crippen molar-refractivity contribution in [3.8, 4) is 0 Å². The second-order valence-corrected chi connectivity index (χ2v) is 11.9. The zero-order chi connectivity index (χ0) is 28.2. The van der Waals surface area contributed by atoms with E-state index < -0.39 is 12.1 Å². The molecule has 0 saturated carbocycles. The van der Waals surface area contributed by atoms with Gasteiger partial charge in [-0.3, -0.25) is 20.0 Å². The zero-order valence-corrected chi connectivity index (χ0v) is 24.4. The number of nitrogens with zero attached hydrogens (tertiary/aromatic N) is 5. The van der Waals surface area contributed by atoms with Crippen LogP contribution in [0.1, 0.15) is 53.3 Å². The Morgan fingerprint density at radius 3 is 2.52 bits per heavy atom. The molecule has 0 bridgehead atoms. The first kappa shape index (κ1) is 28.2. The lowest BCUT2D eigenvalue weighted by Gasteiger charge is -2.40. The SMILES string of the molecule is Cc1ccc2c(c1)CCc1cc(Br)cnc1C2N1CCN(C(=O)CC2CCN(/C=N/C(=O)NC(N)=O)CC2)CC1. The Bertz CT molecular complexity index is 1250. The topological polar surface area (TPSA) is 124 Å².